The highest BCUT2D eigenvalue weighted by molar-refractivity contribution is 5.23. The zero-order valence-corrected chi connectivity index (χ0v) is 29.1. The number of aliphatic hydroxyl groups is 15. The third kappa shape index (κ3) is 8.64. The molecule has 16 N–H and O–H groups in total. The van der Waals surface area contributed by atoms with E-state index in [0.29, 0.717) is 0 Å². The van der Waals surface area contributed by atoms with E-state index in [1.165, 1.54) is 19.9 Å². The maximum atomic E-state index is 11.2. The van der Waals surface area contributed by atoms with E-state index in [-0.39, 0.29) is 5.57 Å². The number of ether oxygens (including phenoxy) is 7. The van der Waals surface area contributed by atoms with Gasteiger partial charge < -0.3 is 115 Å². The molecule has 5 aliphatic rings. The third-order valence-corrected chi connectivity index (χ3v) is 10.5. The molecule has 54 heavy (non-hydrogen) atoms. The number of nitrogens with one attached hydrogen (secondary N) is 1. The minimum Gasteiger partial charge on any atom is -0.394 e. The summed E-state index contributed by atoms with van der Waals surface area (Å²) in [6, 6.07) is -2.40. The Bertz CT molecular complexity index is 1230. The zero-order chi connectivity index (χ0) is 39.9. The van der Waals surface area contributed by atoms with E-state index in [1.807, 2.05) is 0 Å². The van der Waals surface area contributed by atoms with Crippen molar-refractivity contribution in [3.63, 3.8) is 0 Å². The molecule has 5 rings (SSSR count). The Morgan fingerprint density at radius 2 is 1.02 bits per heavy atom. The predicted octanol–water partition coefficient (Wildman–Crippen LogP) is -9.71. The highest BCUT2D eigenvalue weighted by Gasteiger charge is 2.54. The van der Waals surface area contributed by atoms with Crippen molar-refractivity contribution >= 4 is 0 Å². The molecule has 23 nitrogen and oxygen atoms in total. The van der Waals surface area contributed by atoms with Crippen molar-refractivity contribution in [2.24, 2.45) is 0 Å². The largest absolute Gasteiger partial charge is 0.394 e. The van der Waals surface area contributed by atoms with E-state index in [1.54, 1.807) is 0 Å². The smallest absolute Gasteiger partial charge is 0.187 e. The summed E-state index contributed by atoms with van der Waals surface area (Å²) in [6.45, 7) is 0.468. The molecule has 0 aromatic heterocycles. The molecule has 0 aromatic carbocycles. The minimum absolute atomic E-state index is 0.00309. The topological polar surface area (TPSA) is 380 Å². The SMILES string of the molecule is CC1OC(OC2C(CO)=CC(NC3C(C)OC(OC4C(CO)OC(OC5C(CO)OC(O)C(O)C5O)C(O)C4O)C(O)C3O)C(O)C2O)C(O)C(O)C1O. The number of hydrogen-bond acceptors (Lipinski definition) is 23. The van der Waals surface area contributed by atoms with Crippen molar-refractivity contribution in [3.8, 4) is 0 Å². The Labute approximate surface area is 307 Å². The van der Waals surface area contributed by atoms with Crippen molar-refractivity contribution in [1.82, 2.24) is 5.32 Å². The van der Waals surface area contributed by atoms with Gasteiger partial charge in [-0.25, -0.2) is 0 Å². The van der Waals surface area contributed by atoms with Crippen molar-refractivity contribution in [2.75, 3.05) is 19.8 Å². The zero-order valence-electron chi connectivity index (χ0n) is 29.1. The molecular formula is C31H53NO22. The summed E-state index contributed by atoms with van der Waals surface area (Å²) in [4.78, 5) is 0. The summed E-state index contributed by atoms with van der Waals surface area (Å²) in [5.74, 6) is 0. The van der Waals surface area contributed by atoms with Crippen LogP contribution in [0.4, 0.5) is 0 Å². The third-order valence-electron chi connectivity index (χ3n) is 10.5. The number of aliphatic hydroxyl groups excluding tert-OH is 15. The number of rotatable bonds is 11. The van der Waals surface area contributed by atoms with Gasteiger partial charge in [0, 0.05) is 0 Å². The van der Waals surface area contributed by atoms with Gasteiger partial charge in [-0.3, -0.25) is 0 Å². The highest BCUT2D eigenvalue weighted by atomic mass is 16.8. The van der Waals surface area contributed by atoms with Crippen LogP contribution in [0.15, 0.2) is 11.6 Å². The summed E-state index contributed by atoms with van der Waals surface area (Å²) in [7, 11) is 0. The molecule has 0 radical (unpaired) electrons. The maximum absolute atomic E-state index is 11.2. The van der Waals surface area contributed by atoms with Gasteiger partial charge in [0.2, 0.25) is 0 Å². The standard InChI is InChI=1S/C31H53NO22/c1-7-13(32-10-3-9(4-33)25(18(40)15(10)37)52-30-23(45)17(39)14(36)8(2)49-30)16(38)22(44)29(48-7)53-27-12(6-35)51-31(24(46)20(27)42)54-26-11(5-34)50-28(47)21(43)19(26)41/h3,7-8,10-47H,4-6H2,1-2H3. The van der Waals surface area contributed by atoms with Crippen molar-refractivity contribution in [1.29, 1.82) is 0 Å². The molecule has 0 saturated carbocycles. The van der Waals surface area contributed by atoms with Gasteiger partial charge in [-0.15, -0.1) is 0 Å². The van der Waals surface area contributed by atoms with Gasteiger partial charge in [-0.05, 0) is 19.4 Å². The van der Waals surface area contributed by atoms with Crippen molar-refractivity contribution in [3.05, 3.63) is 11.6 Å². The normalized spacial score (nSPS) is 53.2. The van der Waals surface area contributed by atoms with Gasteiger partial charge in [-0.2, -0.15) is 0 Å². The first-order chi connectivity index (χ1) is 25.4. The van der Waals surface area contributed by atoms with Crippen LogP contribution in [0.3, 0.4) is 0 Å². The molecule has 0 bridgehead atoms. The van der Waals surface area contributed by atoms with E-state index in [0.717, 1.165) is 0 Å². The second kappa shape index (κ2) is 18.2. The van der Waals surface area contributed by atoms with E-state index in [9.17, 15) is 76.6 Å². The molecular weight excluding hydrogens is 738 g/mol. The Balaban J connectivity index is 1.22. The quantitative estimate of drug-likeness (QED) is 0.0864. The van der Waals surface area contributed by atoms with Crippen LogP contribution in [0.25, 0.3) is 0 Å². The van der Waals surface area contributed by atoms with Crippen LogP contribution in [0.1, 0.15) is 13.8 Å². The molecule has 314 valence electrons. The summed E-state index contributed by atoms with van der Waals surface area (Å²) in [5.41, 5.74) is 0.00309. The molecule has 4 heterocycles. The van der Waals surface area contributed by atoms with Crippen LogP contribution in [-0.2, 0) is 33.2 Å². The van der Waals surface area contributed by atoms with Crippen LogP contribution in [-0.4, -0.2) is 244 Å². The summed E-state index contributed by atoms with van der Waals surface area (Å²) in [6.07, 6.45) is -34.8. The second-order valence-corrected chi connectivity index (χ2v) is 14.2. The van der Waals surface area contributed by atoms with Gasteiger partial charge in [0.05, 0.1) is 44.1 Å². The van der Waals surface area contributed by atoms with Gasteiger partial charge in [0.25, 0.3) is 0 Å². The monoisotopic (exact) mass is 791 g/mol. The van der Waals surface area contributed by atoms with Crippen molar-refractivity contribution in [2.45, 2.75) is 161 Å². The molecule has 0 spiro atoms. The molecule has 24 atom stereocenters. The van der Waals surface area contributed by atoms with E-state index >= 15 is 0 Å². The molecule has 23 heteroatoms. The lowest BCUT2D eigenvalue weighted by atomic mass is 9.86. The lowest BCUT2D eigenvalue weighted by molar-refractivity contribution is -0.373. The molecule has 4 fully saturated rings. The fourth-order valence-electron chi connectivity index (χ4n) is 7.24. The average molecular weight is 792 g/mol. The summed E-state index contributed by atoms with van der Waals surface area (Å²) in [5, 5.41) is 159. The molecule has 1 aliphatic carbocycles. The van der Waals surface area contributed by atoms with E-state index < -0.39 is 167 Å². The van der Waals surface area contributed by atoms with Gasteiger partial charge >= 0.3 is 0 Å². The van der Waals surface area contributed by atoms with Crippen molar-refractivity contribution < 1.29 is 110 Å². The lowest BCUT2D eigenvalue weighted by Gasteiger charge is -2.49. The van der Waals surface area contributed by atoms with Crippen LogP contribution in [0, 0.1) is 0 Å². The lowest BCUT2D eigenvalue weighted by Crippen LogP contribution is -2.68. The van der Waals surface area contributed by atoms with E-state index in [2.05, 4.69) is 5.32 Å². The predicted molar refractivity (Wildman–Crippen MR) is 169 cm³/mol. The maximum Gasteiger partial charge on any atom is 0.187 e. The van der Waals surface area contributed by atoms with Crippen LogP contribution in [0.2, 0.25) is 0 Å². The fraction of sp³-hybridized carbons (Fsp3) is 0.935. The number of hydrogen-bond donors (Lipinski definition) is 16. The highest BCUT2D eigenvalue weighted by Crippen LogP contribution is 2.34. The second-order valence-electron chi connectivity index (χ2n) is 14.2. The molecule has 0 amide bonds. The van der Waals surface area contributed by atoms with E-state index in [4.69, 9.17) is 33.2 Å². The minimum atomic E-state index is -1.97. The molecule has 24 unspecified atom stereocenters. The van der Waals surface area contributed by atoms with Gasteiger partial charge in [0.1, 0.15) is 97.7 Å². The summed E-state index contributed by atoms with van der Waals surface area (Å²) >= 11 is 0. The summed E-state index contributed by atoms with van der Waals surface area (Å²) < 4.78 is 38.6. The first-order valence-corrected chi connectivity index (χ1v) is 17.5. The van der Waals surface area contributed by atoms with Gasteiger partial charge in [-0.1, -0.05) is 6.08 Å². The Morgan fingerprint density at radius 3 is 1.61 bits per heavy atom. The molecule has 0 aromatic rings. The van der Waals surface area contributed by atoms with Gasteiger partial charge in [0.15, 0.2) is 25.2 Å². The van der Waals surface area contributed by atoms with Crippen LogP contribution < -0.4 is 5.32 Å². The van der Waals surface area contributed by atoms with Crippen LogP contribution >= 0.6 is 0 Å². The molecule has 4 saturated heterocycles. The Kier molecular flexibility index (Phi) is 14.8. The molecule has 4 aliphatic heterocycles. The fourth-order valence-corrected chi connectivity index (χ4v) is 7.24. The average Bonchev–Trinajstić information content (AvgIpc) is 3.15. The Morgan fingerprint density at radius 1 is 0.519 bits per heavy atom. The Hall–Kier alpha value is -1.18. The van der Waals surface area contributed by atoms with Crippen LogP contribution in [0.5, 0.6) is 0 Å². The first-order valence-electron chi connectivity index (χ1n) is 17.5. The first kappa shape index (κ1) is 43.9.